The molecule has 6 aromatic rings. The van der Waals surface area contributed by atoms with Gasteiger partial charge in [-0.2, -0.15) is 35.0 Å². The standard InChI is InChI=1S/C37H31FN8O18S3/c1-62-18-6-8-23(29(14-18)65(53,54)55)40-41-24-16-28(64-13-11-48)25(17-27(24)63-12-10-47)42-43-31-30(66(56,57)58)15-20-19(34(31)49)7-9-26(35(20)67(59,60)61)46-36(50)32(33(45-46)37(51)52)44-39-22-5-3-2-4-21(22)38/h2-9,14-17,47-50H,10-13H2,1H3,(H,51,52)(H,53,54,55)(H,56,57,58)(H,59,60,61)/b41-40+,43-42+,44-39+. The molecule has 0 aliphatic heterocycles. The summed E-state index contributed by atoms with van der Waals surface area (Å²) in [6.07, 6.45) is 0. The van der Waals surface area contributed by atoms with Crippen LogP contribution in [-0.2, 0) is 30.4 Å². The molecule has 0 amide bonds. The molecule has 0 unspecified atom stereocenters. The van der Waals surface area contributed by atoms with Crippen LogP contribution in [0.5, 0.6) is 28.9 Å². The number of carboxylic acids is 1. The molecule has 6 rings (SSSR count). The van der Waals surface area contributed by atoms with E-state index in [1.807, 2.05) is 0 Å². The first-order chi connectivity index (χ1) is 31.6. The van der Waals surface area contributed by atoms with Crippen molar-refractivity contribution in [1.82, 2.24) is 9.78 Å². The van der Waals surface area contributed by atoms with Crippen molar-refractivity contribution in [3.05, 3.63) is 84.3 Å². The maximum Gasteiger partial charge on any atom is 0.358 e. The number of aliphatic hydroxyl groups is 2. The van der Waals surface area contributed by atoms with Crippen LogP contribution in [0.1, 0.15) is 10.5 Å². The van der Waals surface area contributed by atoms with Gasteiger partial charge in [0.1, 0.15) is 73.6 Å². The van der Waals surface area contributed by atoms with Gasteiger partial charge in [0.2, 0.25) is 11.6 Å². The summed E-state index contributed by atoms with van der Waals surface area (Å²) in [5.74, 6) is -5.77. The van der Waals surface area contributed by atoms with Gasteiger partial charge in [-0.1, -0.05) is 12.1 Å². The van der Waals surface area contributed by atoms with E-state index in [-0.39, 0.29) is 33.3 Å². The number of rotatable bonds is 18. The minimum Gasteiger partial charge on any atom is -0.505 e. The number of phenolic OH excluding ortho intramolecular Hbond substituents is 1. The third-order valence-corrected chi connectivity index (χ3v) is 11.5. The summed E-state index contributed by atoms with van der Waals surface area (Å²) in [5, 5.41) is 76.2. The average Bonchev–Trinajstić information content (AvgIpc) is 3.60. The number of carboxylic acid groups (broad SMARTS) is 1. The van der Waals surface area contributed by atoms with Gasteiger partial charge in [0.05, 0.1) is 26.0 Å². The number of hydrogen-bond donors (Lipinski definition) is 8. The number of aromatic hydroxyl groups is 2. The van der Waals surface area contributed by atoms with Gasteiger partial charge in [-0.3, -0.25) is 13.7 Å². The lowest BCUT2D eigenvalue weighted by atomic mass is 10.1. The smallest absolute Gasteiger partial charge is 0.358 e. The second-order valence-electron chi connectivity index (χ2n) is 13.1. The van der Waals surface area contributed by atoms with E-state index in [4.69, 9.17) is 14.2 Å². The van der Waals surface area contributed by atoms with Crippen LogP contribution >= 0.6 is 0 Å². The molecule has 0 spiro atoms. The zero-order valence-corrected chi connectivity index (χ0v) is 36.0. The molecule has 67 heavy (non-hydrogen) atoms. The van der Waals surface area contributed by atoms with Gasteiger partial charge in [-0.05, 0) is 42.5 Å². The van der Waals surface area contributed by atoms with Gasteiger partial charge in [-0.15, -0.1) is 30.7 Å². The van der Waals surface area contributed by atoms with Gasteiger partial charge < -0.3 is 39.7 Å². The zero-order chi connectivity index (χ0) is 49.0. The lowest BCUT2D eigenvalue weighted by Gasteiger charge is -2.15. The molecule has 0 saturated heterocycles. The number of aromatic nitrogens is 2. The molecule has 0 saturated carbocycles. The molecule has 1 heterocycles. The molecule has 1 aromatic heterocycles. The molecule has 0 atom stereocenters. The van der Waals surface area contributed by atoms with Crippen molar-refractivity contribution in [1.29, 1.82) is 0 Å². The number of hydrogen-bond acceptors (Lipinski definition) is 21. The van der Waals surface area contributed by atoms with Crippen molar-refractivity contribution in [2.45, 2.75) is 14.7 Å². The molecule has 26 nitrogen and oxygen atoms in total. The SMILES string of the molecule is COc1ccc(/N=N/c2cc(OCCO)c(/N=N/c3c(S(=O)(=O)O)cc4c(S(=O)(=O)O)c(-n5nc(C(=O)O)c(/N=N/c6ccccc6F)c5O)ccc4c3O)cc2OCCO)c(S(=O)(=O)O)c1. The summed E-state index contributed by atoms with van der Waals surface area (Å²) in [7, 11) is -14.8. The lowest BCUT2D eigenvalue weighted by Crippen LogP contribution is -2.09. The topological polar surface area (TPSA) is 401 Å². The minimum absolute atomic E-state index is 0.0367. The van der Waals surface area contributed by atoms with Crippen molar-refractivity contribution in [2.24, 2.45) is 30.7 Å². The highest BCUT2D eigenvalue weighted by molar-refractivity contribution is 7.86. The Labute approximate surface area is 375 Å². The first-order valence-corrected chi connectivity index (χ1v) is 22.5. The number of benzene rings is 5. The number of aliphatic hydroxyl groups excluding tert-OH is 2. The van der Waals surface area contributed by atoms with E-state index in [1.54, 1.807) is 0 Å². The number of carbonyl (C=O) groups is 1. The van der Waals surface area contributed by atoms with Gasteiger partial charge in [-0.25, -0.2) is 9.18 Å². The second kappa shape index (κ2) is 19.5. The van der Waals surface area contributed by atoms with Crippen molar-refractivity contribution >= 4 is 81.2 Å². The molecular formula is C37H31FN8O18S3. The van der Waals surface area contributed by atoms with E-state index in [2.05, 4.69) is 35.8 Å². The van der Waals surface area contributed by atoms with Crippen molar-refractivity contribution < 1.29 is 87.8 Å². The van der Waals surface area contributed by atoms with E-state index >= 15 is 0 Å². The van der Waals surface area contributed by atoms with Gasteiger partial charge in [0.15, 0.2) is 17.3 Å². The molecular weight excluding hydrogens is 960 g/mol. The molecule has 352 valence electrons. The highest BCUT2D eigenvalue weighted by atomic mass is 32.2. The number of phenols is 1. The van der Waals surface area contributed by atoms with Crippen LogP contribution in [0.3, 0.4) is 0 Å². The second-order valence-corrected chi connectivity index (χ2v) is 17.2. The summed E-state index contributed by atoms with van der Waals surface area (Å²) in [6, 6.07) is 12.4. The Balaban J connectivity index is 1.53. The number of aromatic carboxylic acids is 1. The summed E-state index contributed by atoms with van der Waals surface area (Å²) < 4.78 is 137. The lowest BCUT2D eigenvalue weighted by molar-refractivity contribution is 0.0690. The molecule has 5 aromatic carbocycles. The van der Waals surface area contributed by atoms with Crippen LogP contribution < -0.4 is 14.2 Å². The molecule has 0 radical (unpaired) electrons. The van der Waals surface area contributed by atoms with Crippen molar-refractivity contribution in [3.63, 3.8) is 0 Å². The fraction of sp³-hybridized carbons (Fsp3) is 0.135. The number of halogens is 1. The normalized spacial score (nSPS) is 12.5. The molecule has 0 aliphatic rings. The quantitative estimate of drug-likeness (QED) is 0.0361. The third-order valence-electron chi connectivity index (χ3n) is 8.78. The Bertz CT molecular complexity index is 3380. The largest absolute Gasteiger partial charge is 0.505 e. The van der Waals surface area contributed by atoms with E-state index in [0.29, 0.717) is 6.07 Å². The maximum atomic E-state index is 14.2. The fourth-order valence-corrected chi connectivity index (χ4v) is 8.07. The summed E-state index contributed by atoms with van der Waals surface area (Å²) >= 11 is 0. The van der Waals surface area contributed by atoms with E-state index in [9.17, 15) is 73.6 Å². The molecule has 8 N–H and O–H groups in total. The van der Waals surface area contributed by atoms with Crippen molar-refractivity contribution in [3.8, 4) is 34.6 Å². The molecule has 0 fully saturated rings. The van der Waals surface area contributed by atoms with Gasteiger partial charge in [0, 0.05) is 29.0 Å². The Hall–Kier alpha value is -7.58. The maximum absolute atomic E-state index is 14.2. The Kier molecular flexibility index (Phi) is 14.2. The van der Waals surface area contributed by atoms with Crippen LogP contribution in [0.25, 0.3) is 16.5 Å². The number of fused-ring (bicyclic) bond motifs is 1. The molecule has 30 heteroatoms. The van der Waals surface area contributed by atoms with Crippen LogP contribution in [0, 0.1) is 5.82 Å². The third kappa shape index (κ3) is 10.6. The van der Waals surface area contributed by atoms with Gasteiger partial charge >= 0.3 is 5.97 Å². The predicted molar refractivity (Wildman–Crippen MR) is 224 cm³/mol. The van der Waals surface area contributed by atoms with Crippen LogP contribution in [0.15, 0.2) is 118 Å². The van der Waals surface area contributed by atoms with E-state index in [0.717, 1.165) is 48.5 Å². The summed E-state index contributed by atoms with van der Waals surface area (Å²) in [6.45, 7) is -2.00. The number of nitrogens with zero attached hydrogens (tertiary/aromatic N) is 8. The fourth-order valence-electron chi connectivity index (χ4n) is 5.91. The average molecular weight is 991 g/mol. The van der Waals surface area contributed by atoms with Gasteiger partial charge in [0.25, 0.3) is 30.4 Å². The summed E-state index contributed by atoms with van der Waals surface area (Å²) in [4.78, 5) is 8.75. The first kappa shape index (κ1) is 48.9. The highest BCUT2D eigenvalue weighted by Gasteiger charge is 2.32. The van der Waals surface area contributed by atoms with Crippen molar-refractivity contribution in [2.75, 3.05) is 33.5 Å². The zero-order valence-electron chi connectivity index (χ0n) is 33.6. The Morgan fingerprint density at radius 3 is 1.79 bits per heavy atom. The van der Waals surface area contributed by atoms with Crippen LogP contribution in [-0.4, -0.2) is 114 Å². The first-order valence-electron chi connectivity index (χ1n) is 18.2. The van der Waals surface area contributed by atoms with Crippen LogP contribution in [0.4, 0.5) is 38.5 Å². The number of ether oxygens (including phenoxy) is 3. The van der Waals surface area contributed by atoms with E-state index < -0.39 is 140 Å². The monoisotopic (exact) mass is 990 g/mol. The number of azo groups is 3. The summed E-state index contributed by atoms with van der Waals surface area (Å²) in [5.41, 5.74) is -5.39. The Morgan fingerprint density at radius 1 is 0.672 bits per heavy atom. The predicted octanol–water partition coefficient (Wildman–Crippen LogP) is 6.01. The van der Waals surface area contributed by atoms with Crippen LogP contribution in [0.2, 0.25) is 0 Å². The van der Waals surface area contributed by atoms with E-state index in [1.165, 1.54) is 25.3 Å². The Morgan fingerprint density at radius 2 is 1.24 bits per heavy atom. The molecule has 0 aliphatic carbocycles. The molecule has 0 bridgehead atoms. The highest BCUT2D eigenvalue weighted by Crippen LogP contribution is 2.47. The number of methoxy groups -OCH3 is 1. The minimum atomic E-state index is -5.62.